The Morgan fingerprint density at radius 3 is 2.04 bits per heavy atom. The standard InChI is InChI=1S/C19H31NO4/c1-14(2)10-20(11-15(3)4)12-17(21)13-24-18-8-6-16(7-9-18)19(22)23-5/h6-9,14-15,17,21H,10-13H2,1-5H3/t17-/m1/s1. The minimum absolute atomic E-state index is 0.226. The van der Waals surface area contributed by atoms with Gasteiger partial charge in [0, 0.05) is 19.6 Å². The van der Waals surface area contributed by atoms with Crippen LogP contribution in [-0.4, -0.2) is 55.4 Å². The Labute approximate surface area is 145 Å². The average molecular weight is 337 g/mol. The number of carbonyl (C=O) groups is 1. The Hall–Kier alpha value is -1.59. The second-order valence-corrected chi connectivity index (χ2v) is 6.99. The largest absolute Gasteiger partial charge is 0.491 e. The van der Waals surface area contributed by atoms with E-state index in [1.165, 1.54) is 7.11 Å². The molecule has 1 rings (SSSR count). The van der Waals surface area contributed by atoms with E-state index in [-0.39, 0.29) is 12.6 Å². The summed E-state index contributed by atoms with van der Waals surface area (Å²) in [4.78, 5) is 13.7. The zero-order valence-corrected chi connectivity index (χ0v) is 15.5. The van der Waals surface area contributed by atoms with E-state index in [0.717, 1.165) is 13.1 Å². The number of methoxy groups -OCH3 is 1. The SMILES string of the molecule is COC(=O)c1ccc(OC[C@H](O)CN(CC(C)C)CC(C)C)cc1. The van der Waals surface area contributed by atoms with E-state index in [1.54, 1.807) is 24.3 Å². The molecule has 24 heavy (non-hydrogen) atoms. The van der Waals surface area contributed by atoms with Crippen molar-refractivity contribution >= 4 is 5.97 Å². The lowest BCUT2D eigenvalue weighted by Crippen LogP contribution is -2.39. The fraction of sp³-hybridized carbons (Fsp3) is 0.632. The van der Waals surface area contributed by atoms with Gasteiger partial charge in [-0.25, -0.2) is 4.79 Å². The second-order valence-electron chi connectivity index (χ2n) is 6.99. The molecule has 1 atom stereocenters. The van der Waals surface area contributed by atoms with E-state index in [9.17, 15) is 9.90 Å². The minimum atomic E-state index is -0.553. The molecule has 0 radical (unpaired) electrons. The average Bonchev–Trinajstić information content (AvgIpc) is 2.51. The molecule has 0 fully saturated rings. The van der Waals surface area contributed by atoms with Gasteiger partial charge in [0.25, 0.3) is 0 Å². The van der Waals surface area contributed by atoms with Crippen molar-refractivity contribution in [2.24, 2.45) is 11.8 Å². The second kappa shape index (κ2) is 10.3. The third-order valence-corrected chi connectivity index (χ3v) is 3.43. The maximum Gasteiger partial charge on any atom is 0.337 e. The lowest BCUT2D eigenvalue weighted by molar-refractivity contribution is 0.0590. The predicted molar refractivity (Wildman–Crippen MR) is 95.4 cm³/mol. The van der Waals surface area contributed by atoms with E-state index < -0.39 is 6.10 Å². The molecule has 5 nitrogen and oxygen atoms in total. The van der Waals surface area contributed by atoms with Gasteiger partial charge in [-0.2, -0.15) is 0 Å². The van der Waals surface area contributed by atoms with Crippen LogP contribution in [0.4, 0.5) is 0 Å². The fourth-order valence-electron chi connectivity index (χ4n) is 2.60. The molecular formula is C19H31NO4. The van der Waals surface area contributed by atoms with Crippen LogP contribution in [-0.2, 0) is 4.74 Å². The van der Waals surface area contributed by atoms with Gasteiger partial charge < -0.3 is 19.5 Å². The first-order valence-corrected chi connectivity index (χ1v) is 8.53. The maximum atomic E-state index is 11.4. The number of nitrogens with zero attached hydrogens (tertiary/aromatic N) is 1. The molecule has 0 aliphatic carbocycles. The molecular weight excluding hydrogens is 306 g/mol. The summed E-state index contributed by atoms with van der Waals surface area (Å²) >= 11 is 0. The van der Waals surface area contributed by atoms with Gasteiger partial charge in [-0.3, -0.25) is 0 Å². The minimum Gasteiger partial charge on any atom is -0.491 e. The summed E-state index contributed by atoms with van der Waals surface area (Å²) in [5.74, 6) is 1.37. The first kappa shape index (κ1) is 20.5. The number of ether oxygens (including phenoxy) is 2. The quantitative estimate of drug-likeness (QED) is 0.665. The molecule has 1 aromatic rings. The number of esters is 1. The normalized spacial score (nSPS) is 12.7. The molecule has 0 aliphatic rings. The van der Waals surface area contributed by atoms with Crippen LogP contribution in [0.3, 0.4) is 0 Å². The van der Waals surface area contributed by atoms with Crippen molar-refractivity contribution in [3.63, 3.8) is 0 Å². The highest BCUT2D eigenvalue weighted by atomic mass is 16.5. The van der Waals surface area contributed by atoms with Gasteiger partial charge >= 0.3 is 5.97 Å². The highest BCUT2D eigenvalue weighted by Crippen LogP contribution is 2.13. The molecule has 0 aliphatic heterocycles. The number of aliphatic hydroxyl groups is 1. The molecule has 1 aromatic carbocycles. The highest BCUT2D eigenvalue weighted by Gasteiger charge is 2.15. The first-order valence-electron chi connectivity index (χ1n) is 8.53. The van der Waals surface area contributed by atoms with Crippen LogP contribution in [0.1, 0.15) is 38.1 Å². The Morgan fingerprint density at radius 1 is 1.04 bits per heavy atom. The Bertz CT molecular complexity index is 475. The highest BCUT2D eigenvalue weighted by molar-refractivity contribution is 5.89. The predicted octanol–water partition coefficient (Wildman–Crippen LogP) is 2.83. The van der Waals surface area contributed by atoms with Crippen molar-refractivity contribution < 1.29 is 19.4 Å². The number of hydrogen-bond acceptors (Lipinski definition) is 5. The van der Waals surface area contributed by atoms with E-state index >= 15 is 0 Å². The van der Waals surface area contributed by atoms with Crippen molar-refractivity contribution in [1.82, 2.24) is 4.90 Å². The summed E-state index contributed by atoms with van der Waals surface area (Å²) in [5.41, 5.74) is 0.477. The molecule has 0 amide bonds. The molecule has 0 bridgehead atoms. The van der Waals surface area contributed by atoms with Crippen molar-refractivity contribution in [1.29, 1.82) is 0 Å². The van der Waals surface area contributed by atoms with Gasteiger partial charge in [-0.15, -0.1) is 0 Å². The van der Waals surface area contributed by atoms with E-state index in [2.05, 4.69) is 37.3 Å². The maximum absolute atomic E-state index is 11.4. The Kier molecular flexibility index (Phi) is 8.79. The van der Waals surface area contributed by atoms with Crippen molar-refractivity contribution in [2.45, 2.75) is 33.8 Å². The van der Waals surface area contributed by atoms with Gasteiger partial charge in [0.2, 0.25) is 0 Å². The molecule has 136 valence electrons. The number of carbonyl (C=O) groups excluding carboxylic acids is 1. The summed E-state index contributed by atoms with van der Waals surface area (Å²) in [6.07, 6.45) is -0.553. The van der Waals surface area contributed by atoms with Gasteiger partial charge in [0.05, 0.1) is 12.7 Å². The number of hydrogen-bond donors (Lipinski definition) is 1. The zero-order chi connectivity index (χ0) is 18.1. The molecule has 0 saturated heterocycles. The molecule has 5 heteroatoms. The molecule has 0 heterocycles. The lowest BCUT2D eigenvalue weighted by Gasteiger charge is -2.28. The Balaban J connectivity index is 2.48. The third kappa shape index (κ3) is 7.79. The molecule has 0 saturated carbocycles. The monoisotopic (exact) mass is 337 g/mol. The number of rotatable bonds is 10. The van der Waals surface area contributed by atoms with Crippen molar-refractivity contribution in [3.05, 3.63) is 29.8 Å². The number of aliphatic hydroxyl groups excluding tert-OH is 1. The Morgan fingerprint density at radius 2 is 1.58 bits per heavy atom. The lowest BCUT2D eigenvalue weighted by atomic mass is 10.1. The molecule has 0 unspecified atom stereocenters. The van der Waals surface area contributed by atoms with E-state index in [0.29, 0.717) is 29.7 Å². The van der Waals surface area contributed by atoms with E-state index in [4.69, 9.17) is 4.74 Å². The molecule has 0 aromatic heterocycles. The zero-order valence-electron chi connectivity index (χ0n) is 15.5. The van der Waals surface area contributed by atoms with Crippen LogP contribution >= 0.6 is 0 Å². The first-order chi connectivity index (χ1) is 11.3. The van der Waals surface area contributed by atoms with E-state index in [1.807, 2.05) is 0 Å². The smallest absolute Gasteiger partial charge is 0.337 e. The summed E-state index contributed by atoms with van der Waals surface area (Å²) in [6.45, 7) is 11.5. The summed E-state index contributed by atoms with van der Waals surface area (Å²) in [6, 6.07) is 6.71. The van der Waals surface area contributed by atoms with Crippen LogP contribution in [0, 0.1) is 11.8 Å². The molecule has 0 spiro atoms. The van der Waals surface area contributed by atoms with Crippen LogP contribution in [0.15, 0.2) is 24.3 Å². The van der Waals surface area contributed by atoms with Gasteiger partial charge in [-0.05, 0) is 36.1 Å². The fourth-order valence-corrected chi connectivity index (χ4v) is 2.60. The van der Waals surface area contributed by atoms with Crippen molar-refractivity contribution in [2.75, 3.05) is 33.4 Å². The summed E-state index contributed by atoms with van der Waals surface area (Å²) in [5, 5.41) is 10.2. The van der Waals surface area contributed by atoms with Gasteiger partial charge in [0.1, 0.15) is 18.5 Å². The van der Waals surface area contributed by atoms with Gasteiger partial charge in [0.15, 0.2) is 0 Å². The summed E-state index contributed by atoms with van der Waals surface area (Å²) < 4.78 is 10.3. The van der Waals surface area contributed by atoms with Crippen molar-refractivity contribution in [3.8, 4) is 5.75 Å². The van der Waals surface area contributed by atoms with Gasteiger partial charge in [-0.1, -0.05) is 27.7 Å². The topological polar surface area (TPSA) is 59.0 Å². The molecule has 1 N–H and O–H groups in total. The summed E-state index contributed by atoms with van der Waals surface area (Å²) in [7, 11) is 1.35. The number of benzene rings is 1. The van der Waals surface area contributed by atoms with Crippen LogP contribution < -0.4 is 4.74 Å². The third-order valence-electron chi connectivity index (χ3n) is 3.43. The van der Waals surface area contributed by atoms with Crippen LogP contribution in [0.5, 0.6) is 5.75 Å². The van der Waals surface area contributed by atoms with Crippen LogP contribution in [0.25, 0.3) is 0 Å². The van der Waals surface area contributed by atoms with Crippen LogP contribution in [0.2, 0.25) is 0 Å².